The monoisotopic (exact) mass is 512 g/mol. The van der Waals surface area contributed by atoms with Gasteiger partial charge < -0.3 is 15.4 Å². The van der Waals surface area contributed by atoms with Gasteiger partial charge in [-0.3, -0.25) is 0 Å². The molecule has 0 saturated carbocycles. The molecular formula is C19H25IN6OS. The van der Waals surface area contributed by atoms with Crippen molar-refractivity contribution in [2.45, 2.75) is 26.9 Å². The summed E-state index contributed by atoms with van der Waals surface area (Å²) >= 11 is 1.68. The van der Waals surface area contributed by atoms with Gasteiger partial charge in [-0.15, -0.1) is 35.3 Å². The van der Waals surface area contributed by atoms with Gasteiger partial charge in [-0.25, -0.2) is 14.7 Å². The summed E-state index contributed by atoms with van der Waals surface area (Å²) in [5.74, 6) is 1.58. The second-order valence-corrected chi connectivity index (χ2v) is 7.18. The summed E-state index contributed by atoms with van der Waals surface area (Å²) in [4.78, 5) is 10.2. The molecule has 150 valence electrons. The number of methoxy groups -OCH3 is 1. The largest absolute Gasteiger partial charge is 0.497 e. The van der Waals surface area contributed by atoms with E-state index in [1.807, 2.05) is 54.3 Å². The third-order valence-electron chi connectivity index (χ3n) is 3.80. The van der Waals surface area contributed by atoms with Crippen molar-refractivity contribution in [2.75, 3.05) is 13.7 Å². The third kappa shape index (κ3) is 6.20. The maximum atomic E-state index is 5.19. The molecule has 0 fully saturated rings. The van der Waals surface area contributed by atoms with Gasteiger partial charge in [0, 0.05) is 23.8 Å². The Morgan fingerprint density at radius 1 is 1.21 bits per heavy atom. The van der Waals surface area contributed by atoms with Crippen molar-refractivity contribution in [3.63, 3.8) is 0 Å². The quantitative estimate of drug-likeness (QED) is 0.288. The normalized spacial score (nSPS) is 11.0. The van der Waals surface area contributed by atoms with E-state index in [1.54, 1.807) is 18.4 Å². The van der Waals surface area contributed by atoms with Gasteiger partial charge in [0.15, 0.2) is 5.96 Å². The highest BCUT2D eigenvalue weighted by molar-refractivity contribution is 14.0. The van der Waals surface area contributed by atoms with Crippen LogP contribution < -0.4 is 15.4 Å². The number of thiazole rings is 1. The average molecular weight is 512 g/mol. The summed E-state index contributed by atoms with van der Waals surface area (Å²) in [6, 6.07) is 9.76. The summed E-state index contributed by atoms with van der Waals surface area (Å²) in [5, 5.41) is 12.2. The molecule has 0 aliphatic rings. The van der Waals surface area contributed by atoms with Gasteiger partial charge in [-0.1, -0.05) is 0 Å². The number of halogens is 1. The second-order valence-electron chi connectivity index (χ2n) is 5.86. The van der Waals surface area contributed by atoms with Crippen LogP contribution in [0.1, 0.15) is 22.5 Å². The Morgan fingerprint density at radius 2 is 2.00 bits per heavy atom. The van der Waals surface area contributed by atoms with Crippen molar-refractivity contribution >= 4 is 41.3 Å². The SMILES string of the molecule is CCNC(=NCc1ccn(-c2ccc(OC)cc2)n1)NCc1ncc(C)s1.I. The fourth-order valence-corrected chi connectivity index (χ4v) is 3.20. The first-order valence-electron chi connectivity index (χ1n) is 8.80. The minimum atomic E-state index is 0. The molecule has 0 unspecified atom stereocenters. The number of ether oxygens (including phenoxy) is 1. The van der Waals surface area contributed by atoms with Crippen molar-refractivity contribution in [2.24, 2.45) is 4.99 Å². The smallest absolute Gasteiger partial charge is 0.191 e. The molecule has 2 heterocycles. The van der Waals surface area contributed by atoms with Crippen molar-refractivity contribution in [3.8, 4) is 11.4 Å². The average Bonchev–Trinajstić information content (AvgIpc) is 3.33. The minimum absolute atomic E-state index is 0. The van der Waals surface area contributed by atoms with Crippen molar-refractivity contribution in [3.05, 3.63) is 58.3 Å². The van der Waals surface area contributed by atoms with Crippen LogP contribution in [0, 0.1) is 6.92 Å². The number of aryl methyl sites for hydroxylation is 1. The van der Waals surface area contributed by atoms with Crippen molar-refractivity contribution < 1.29 is 4.74 Å². The number of hydrogen-bond acceptors (Lipinski definition) is 5. The van der Waals surface area contributed by atoms with Crippen LogP contribution in [0.15, 0.2) is 47.7 Å². The molecule has 2 aromatic heterocycles. The predicted octanol–water partition coefficient (Wildman–Crippen LogP) is 3.52. The standard InChI is InChI=1S/C19H24N6OS.HI/c1-4-20-19(23-13-18-21-11-14(2)27-18)22-12-15-9-10-25(24-15)16-5-7-17(26-3)8-6-16;/h5-11H,4,12-13H2,1-3H3,(H2,20,22,23);1H. The van der Waals surface area contributed by atoms with Gasteiger partial charge in [0.1, 0.15) is 10.8 Å². The molecule has 9 heteroatoms. The highest BCUT2D eigenvalue weighted by Gasteiger charge is 2.04. The van der Waals surface area contributed by atoms with E-state index >= 15 is 0 Å². The lowest BCUT2D eigenvalue weighted by atomic mass is 10.3. The van der Waals surface area contributed by atoms with Gasteiger partial charge >= 0.3 is 0 Å². The molecule has 0 aliphatic carbocycles. The molecule has 28 heavy (non-hydrogen) atoms. The van der Waals surface area contributed by atoms with Crippen molar-refractivity contribution in [1.29, 1.82) is 0 Å². The van der Waals surface area contributed by atoms with Gasteiger partial charge in [0.2, 0.25) is 0 Å². The molecule has 3 aromatic rings. The van der Waals surface area contributed by atoms with Crippen molar-refractivity contribution in [1.82, 2.24) is 25.4 Å². The molecule has 2 N–H and O–H groups in total. The molecule has 0 amide bonds. The number of guanidine groups is 1. The van der Waals surface area contributed by atoms with Crippen LogP contribution in [-0.4, -0.2) is 34.4 Å². The summed E-state index contributed by atoms with van der Waals surface area (Å²) < 4.78 is 7.03. The zero-order valence-corrected chi connectivity index (χ0v) is 19.3. The fraction of sp³-hybridized carbons (Fsp3) is 0.316. The first-order chi connectivity index (χ1) is 13.2. The number of hydrogen-bond donors (Lipinski definition) is 2. The maximum absolute atomic E-state index is 5.19. The fourth-order valence-electron chi connectivity index (χ4n) is 2.47. The van der Waals surface area contributed by atoms with Gasteiger partial charge in [-0.05, 0) is 44.2 Å². The molecule has 1 aromatic carbocycles. The lowest BCUT2D eigenvalue weighted by Crippen LogP contribution is -2.36. The van der Waals surface area contributed by atoms with Crippen LogP contribution in [0.3, 0.4) is 0 Å². The van der Waals surface area contributed by atoms with E-state index in [-0.39, 0.29) is 24.0 Å². The number of benzene rings is 1. The first kappa shape index (κ1) is 22.2. The van der Waals surface area contributed by atoms with Gasteiger partial charge in [-0.2, -0.15) is 5.10 Å². The molecule has 0 spiro atoms. The molecule has 0 atom stereocenters. The molecule has 7 nitrogen and oxygen atoms in total. The van der Waals surface area contributed by atoms with E-state index in [9.17, 15) is 0 Å². The Bertz CT molecular complexity index is 890. The third-order valence-corrected chi connectivity index (χ3v) is 4.71. The Labute approximate surface area is 186 Å². The second kappa shape index (κ2) is 11.0. The van der Waals surface area contributed by atoms with Gasteiger partial charge in [0.25, 0.3) is 0 Å². The maximum Gasteiger partial charge on any atom is 0.191 e. The zero-order chi connectivity index (χ0) is 19.1. The van der Waals surface area contributed by atoms with E-state index in [0.717, 1.165) is 34.6 Å². The van der Waals surface area contributed by atoms with Crippen LogP contribution in [-0.2, 0) is 13.1 Å². The highest BCUT2D eigenvalue weighted by atomic mass is 127. The summed E-state index contributed by atoms with van der Waals surface area (Å²) in [5.41, 5.74) is 1.88. The first-order valence-corrected chi connectivity index (χ1v) is 9.62. The Balaban J connectivity index is 0.00000280. The summed E-state index contributed by atoms with van der Waals surface area (Å²) in [6.07, 6.45) is 3.82. The molecular weight excluding hydrogens is 487 g/mol. The van der Waals surface area contributed by atoms with E-state index < -0.39 is 0 Å². The molecule has 0 radical (unpaired) electrons. The van der Waals surface area contributed by atoms with E-state index in [4.69, 9.17) is 4.74 Å². The van der Waals surface area contributed by atoms with E-state index in [0.29, 0.717) is 13.1 Å². The lowest BCUT2D eigenvalue weighted by molar-refractivity contribution is 0.414. The Kier molecular flexibility index (Phi) is 8.71. The highest BCUT2D eigenvalue weighted by Crippen LogP contribution is 2.15. The molecule has 0 aliphatic heterocycles. The minimum Gasteiger partial charge on any atom is -0.497 e. The predicted molar refractivity (Wildman–Crippen MR) is 124 cm³/mol. The van der Waals surface area contributed by atoms with Crippen LogP contribution in [0.5, 0.6) is 5.75 Å². The number of nitrogens with zero attached hydrogens (tertiary/aromatic N) is 4. The molecule has 0 saturated heterocycles. The van der Waals surface area contributed by atoms with Crippen LogP contribution in [0.25, 0.3) is 5.69 Å². The van der Waals surface area contributed by atoms with Crippen LogP contribution in [0.4, 0.5) is 0 Å². The number of nitrogens with one attached hydrogen (secondary N) is 2. The summed E-state index contributed by atoms with van der Waals surface area (Å²) in [7, 11) is 1.66. The number of aromatic nitrogens is 3. The van der Waals surface area contributed by atoms with E-state index in [1.165, 1.54) is 4.88 Å². The van der Waals surface area contributed by atoms with Gasteiger partial charge in [0.05, 0.1) is 31.6 Å². The molecule has 3 rings (SSSR count). The Hall–Kier alpha value is -2.14. The zero-order valence-electron chi connectivity index (χ0n) is 16.2. The van der Waals surface area contributed by atoms with Crippen LogP contribution >= 0.6 is 35.3 Å². The van der Waals surface area contributed by atoms with E-state index in [2.05, 4.69) is 32.6 Å². The number of rotatable bonds is 7. The summed E-state index contributed by atoms with van der Waals surface area (Å²) in [6.45, 7) is 6.05. The number of aliphatic imine (C=N–C) groups is 1. The Morgan fingerprint density at radius 3 is 2.64 bits per heavy atom. The molecule has 0 bridgehead atoms. The van der Waals surface area contributed by atoms with Crippen LogP contribution in [0.2, 0.25) is 0 Å². The topological polar surface area (TPSA) is 76.4 Å². The lowest BCUT2D eigenvalue weighted by Gasteiger charge is -2.09.